The highest BCUT2D eigenvalue weighted by Crippen LogP contribution is 2.19. The summed E-state index contributed by atoms with van der Waals surface area (Å²) < 4.78 is 16.4. The summed E-state index contributed by atoms with van der Waals surface area (Å²) in [7, 11) is 1.80. The van der Waals surface area contributed by atoms with Crippen LogP contribution in [-0.2, 0) is 13.6 Å². The van der Waals surface area contributed by atoms with E-state index in [1.807, 2.05) is 6.92 Å². The molecule has 3 aromatic rings. The molecule has 130 valence electrons. The topological polar surface area (TPSA) is 64.7 Å². The molecule has 0 unspecified atom stereocenters. The maximum atomic E-state index is 13.1. The fraction of sp³-hybridized carbons (Fsp3) is 0.235. The first-order valence-corrected chi connectivity index (χ1v) is 8.01. The van der Waals surface area contributed by atoms with Crippen molar-refractivity contribution in [2.45, 2.75) is 20.4 Å². The van der Waals surface area contributed by atoms with E-state index >= 15 is 0 Å². The first-order chi connectivity index (χ1) is 11.8. The van der Waals surface area contributed by atoms with E-state index < -0.39 is 0 Å². The highest BCUT2D eigenvalue weighted by molar-refractivity contribution is 6.31. The van der Waals surface area contributed by atoms with E-state index in [1.54, 1.807) is 41.8 Å². The molecule has 0 atom stereocenters. The molecule has 3 rings (SSSR count). The molecule has 25 heavy (non-hydrogen) atoms. The third-order valence-corrected chi connectivity index (χ3v) is 4.33. The molecule has 0 saturated heterocycles. The number of nitrogens with one attached hydrogen (secondary N) is 1. The lowest BCUT2D eigenvalue weighted by Gasteiger charge is -2.05. The van der Waals surface area contributed by atoms with Gasteiger partial charge in [0.25, 0.3) is 5.91 Å². The van der Waals surface area contributed by atoms with Crippen molar-refractivity contribution in [1.82, 2.24) is 19.6 Å². The Morgan fingerprint density at radius 1 is 1.36 bits per heavy atom. The summed E-state index contributed by atoms with van der Waals surface area (Å²) in [4.78, 5) is 12.5. The van der Waals surface area contributed by atoms with Gasteiger partial charge in [-0.05, 0) is 31.5 Å². The largest absolute Gasteiger partial charge is 0.319 e. The van der Waals surface area contributed by atoms with Crippen LogP contribution in [0.25, 0.3) is 0 Å². The van der Waals surface area contributed by atoms with E-state index in [2.05, 4.69) is 15.5 Å². The zero-order chi connectivity index (χ0) is 18.1. The molecule has 1 N–H and O–H groups in total. The summed E-state index contributed by atoms with van der Waals surface area (Å²) >= 11 is 6.03. The number of aromatic nitrogens is 4. The zero-order valence-electron chi connectivity index (χ0n) is 14.0. The predicted molar refractivity (Wildman–Crippen MR) is 93.4 cm³/mol. The van der Waals surface area contributed by atoms with Crippen LogP contribution in [0.3, 0.4) is 0 Å². The summed E-state index contributed by atoms with van der Waals surface area (Å²) in [6, 6.07) is 4.22. The molecular weight excluding hydrogens is 345 g/mol. The van der Waals surface area contributed by atoms with Gasteiger partial charge in [-0.25, -0.2) is 4.39 Å². The Morgan fingerprint density at radius 2 is 2.12 bits per heavy atom. The number of hydrogen-bond donors (Lipinski definition) is 1. The minimum absolute atomic E-state index is 0.234. The summed E-state index contributed by atoms with van der Waals surface area (Å²) in [6.45, 7) is 4.01. The molecular formula is C17H17ClFN5O. The van der Waals surface area contributed by atoms with Gasteiger partial charge in [-0.1, -0.05) is 17.7 Å². The molecule has 1 amide bonds. The fourth-order valence-electron chi connectivity index (χ4n) is 2.63. The van der Waals surface area contributed by atoms with E-state index in [0.29, 0.717) is 28.5 Å². The molecule has 0 fully saturated rings. The molecule has 0 saturated carbocycles. The highest BCUT2D eigenvalue weighted by atomic mass is 35.5. The van der Waals surface area contributed by atoms with Gasteiger partial charge < -0.3 is 5.32 Å². The van der Waals surface area contributed by atoms with E-state index in [4.69, 9.17) is 11.6 Å². The van der Waals surface area contributed by atoms with Crippen LogP contribution in [0.1, 0.15) is 27.3 Å². The Labute approximate surface area is 149 Å². The molecule has 0 bridgehead atoms. The van der Waals surface area contributed by atoms with Crippen LogP contribution in [0.15, 0.2) is 30.6 Å². The molecule has 0 radical (unpaired) electrons. The van der Waals surface area contributed by atoms with Gasteiger partial charge in [0.1, 0.15) is 5.82 Å². The van der Waals surface area contributed by atoms with Gasteiger partial charge in [-0.2, -0.15) is 10.2 Å². The lowest BCUT2D eigenvalue weighted by molar-refractivity contribution is 0.102. The normalized spacial score (nSPS) is 10.9. The quantitative estimate of drug-likeness (QED) is 0.775. The molecule has 8 heteroatoms. The average molecular weight is 362 g/mol. The van der Waals surface area contributed by atoms with Crippen LogP contribution in [0.2, 0.25) is 5.02 Å². The van der Waals surface area contributed by atoms with Gasteiger partial charge in [0.2, 0.25) is 0 Å². The molecule has 0 aliphatic rings. The number of benzene rings is 1. The van der Waals surface area contributed by atoms with Crippen molar-refractivity contribution in [2.24, 2.45) is 7.05 Å². The van der Waals surface area contributed by atoms with Gasteiger partial charge in [0.15, 0.2) is 0 Å². The minimum atomic E-state index is -0.385. The second-order valence-corrected chi connectivity index (χ2v) is 6.19. The molecule has 0 aliphatic carbocycles. The van der Waals surface area contributed by atoms with Crippen molar-refractivity contribution in [2.75, 3.05) is 5.32 Å². The highest BCUT2D eigenvalue weighted by Gasteiger charge is 2.18. The van der Waals surface area contributed by atoms with Gasteiger partial charge in [-0.3, -0.25) is 14.2 Å². The summed E-state index contributed by atoms with van der Waals surface area (Å²) in [5.74, 6) is -0.619. The Balaban J connectivity index is 1.74. The second-order valence-electron chi connectivity index (χ2n) is 5.79. The first-order valence-electron chi connectivity index (χ1n) is 7.63. The third-order valence-electron chi connectivity index (χ3n) is 3.97. The number of halogens is 2. The number of amides is 1. The Morgan fingerprint density at radius 3 is 2.76 bits per heavy atom. The third kappa shape index (κ3) is 3.56. The van der Waals surface area contributed by atoms with Crippen LogP contribution in [-0.4, -0.2) is 25.5 Å². The van der Waals surface area contributed by atoms with Gasteiger partial charge >= 0.3 is 0 Å². The zero-order valence-corrected chi connectivity index (χ0v) is 14.8. The summed E-state index contributed by atoms with van der Waals surface area (Å²) in [5, 5.41) is 11.6. The molecule has 1 aromatic carbocycles. The van der Waals surface area contributed by atoms with Crippen molar-refractivity contribution in [3.8, 4) is 0 Å². The number of hydrogen-bond acceptors (Lipinski definition) is 3. The summed E-state index contributed by atoms with van der Waals surface area (Å²) in [6.07, 6.45) is 3.25. The average Bonchev–Trinajstić information content (AvgIpc) is 3.06. The SMILES string of the molecule is Cc1nn(C)c(C)c1C(=O)Nc1cnn(Cc2ccc(F)cc2Cl)c1. The van der Waals surface area contributed by atoms with Gasteiger partial charge in [0, 0.05) is 24.0 Å². The second kappa shape index (κ2) is 6.68. The van der Waals surface area contributed by atoms with E-state index in [1.165, 1.54) is 12.1 Å². The lowest BCUT2D eigenvalue weighted by Crippen LogP contribution is -2.13. The monoisotopic (exact) mass is 361 g/mol. The van der Waals surface area contributed by atoms with Crippen molar-refractivity contribution in [3.05, 3.63) is 63.9 Å². The summed E-state index contributed by atoms with van der Waals surface area (Å²) in [5.41, 5.74) is 3.31. The lowest BCUT2D eigenvalue weighted by atomic mass is 10.2. The van der Waals surface area contributed by atoms with E-state index in [0.717, 1.165) is 11.3 Å². The van der Waals surface area contributed by atoms with Gasteiger partial charge in [-0.15, -0.1) is 0 Å². The Hall–Kier alpha value is -2.67. The van der Waals surface area contributed by atoms with E-state index in [-0.39, 0.29) is 11.7 Å². The first kappa shape index (κ1) is 17.2. The fourth-order valence-corrected chi connectivity index (χ4v) is 2.86. The Kier molecular flexibility index (Phi) is 4.59. The number of rotatable bonds is 4. The van der Waals surface area contributed by atoms with Crippen LogP contribution in [0.5, 0.6) is 0 Å². The maximum Gasteiger partial charge on any atom is 0.259 e. The molecule has 6 nitrogen and oxygen atoms in total. The smallest absolute Gasteiger partial charge is 0.259 e. The minimum Gasteiger partial charge on any atom is -0.319 e. The molecule has 2 aromatic heterocycles. The number of anilines is 1. The standard InChI is InChI=1S/C17H17ClFN5O/c1-10-16(11(2)23(3)22-10)17(25)21-14-7-20-24(9-14)8-12-4-5-13(19)6-15(12)18/h4-7,9H,8H2,1-3H3,(H,21,25). The van der Waals surface area contributed by atoms with Crippen molar-refractivity contribution < 1.29 is 9.18 Å². The predicted octanol–water partition coefficient (Wildman–Crippen LogP) is 3.33. The molecule has 2 heterocycles. The number of carbonyl (C=O) groups excluding carboxylic acids is 1. The van der Waals surface area contributed by atoms with E-state index in [9.17, 15) is 9.18 Å². The van der Waals surface area contributed by atoms with Crippen molar-refractivity contribution in [1.29, 1.82) is 0 Å². The van der Waals surface area contributed by atoms with Crippen molar-refractivity contribution in [3.63, 3.8) is 0 Å². The Bertz CT molecular complexity index is 947. The number of carbonyl (C=O) groups is 1. The van der Waals surface area contributed by atoms with Gasteiger partial charge in [0.05, 0.1) is 29.7 Å². The van der Waals surface area contributed by atoms with Crippen LogP contribution < -0.4 is 5.32 Å². The molecule has 0 spiro atoms. The van der Waals surface area contributed by atoms with Crippen LogP contribution in [0, 0.1) is 19.7 Å². The van der Waals surface area contributed by atoms with Crippen LogP contribution >= 0.6 is 11.6 Å². The van der Waals surface area contributed by atoms with Crippen molar-refractivity contribution >= 4 is 23.2 Å². The van der Waals surface area contributed by atoms with Crippen LogP contribution in [0.4, 0.5) is 10.1 Å². The molecule has 0 aliphatic heterocycles. The maximum absolute atomic E-state index is 13.1. The number of aryl methyl sites for hydroxylation is 2. The number of nitrogens with zero attached hydrogens (tertiary/aromatic N) is 4.